The van der Waals surface area contributed by atoms with Crippen LogP contribution in [0.4, 0.5) is 0 Å². The first kappa shape index (κ1) is 17.1. The lowest BCUT2D eigenvalue weighted by molar-refractivity contribution is 0.322. The zero-order chi connectivity index (χ0) is 18.3. The van der Waals surface area contributed by atoms with Gasteiger partial charge >= 0.3 is 0 Å². The number of phenolic OH excluding ortho intramolecular Hbond substituents is 1. The number of aromatic hydroxyl groups is 1. The van der Waals surface area contributed by atoms with E-state index in [1.807, 2.05) is 6.07 Å². The molecule has 2 aliphatic rings. The van der Waals surface area contributed by atoms with Gasteiger partial charge in [0.05, 0.1) is 21.3 Å². The third kappa shape index (κ3) is 2.51. The average molecular weight is 354 g/mol. The summed E-state index contributed by atoms with van der Waals surface area (Å²) in [5.41, 5.74) is 5.56. The standard InChI is InChI=1S/C22H26O4/c1-24-20-15-7-5-4-6-13-8-9-14-10-11-17(23)19(18(13)14)16(12-15)21(25-2)22(20)26-3/h10-13,23H,4-9H2,1-3H3. The Bertz CT molecular complexity index is 841. The van der Waals surface area contributed by atoms with Crippen LogP contribution in [0.2, 0.25) is 0 Å². The number of ether oxygens (including phenoxy) is 3. The van der Waals surface area contributed by atoms with E-state index in [-0.39, 0.29) is 0 Å². The van der Waals surface area contributed by atoms with Crippen molar-refractivity contribution in [3.63, 3.8) is 0 Å². The number of methoxy groups -OCH3 is 3. The number of aryl methyl sites for hydroxylation is 2. The molecule has 0 aromatic heterocycles. The lowest BCUT2D eigenvalue weighted by Crippen LogP contribution is -2.05. The van der Waals surface area contributed by atoms with Gasteiger partial charge in [0.2, 0.25) is 5.75 Å². The van der Waals surface area contributed by atoms with Crippen LogP contribution in [0.5, 0.6) is 23.0 Å². The second kappa shape index (κ2) is 6.75. The maximum Gasteiger partial charge on any atom is 0.204 e. The molecule has 0 radical (unpaired) electrons. The number of hydrogen-bond acceptors (Lipinski definition) is 4. The van der Waals surface area contributed by atoms with Gasteiger partial charge in [0.25, 0.3) is 0 Å². The zero-order valence-electron chi connectivity index (χ0n) is 15.7. The summed E-state index contributed by atoms with van der Waals surface area (Å²) in [5, 5.41) is 10.8. The van der Waals surface area contributed by atoms with Crippen molar-refractivity contribution in [1.82, 2.24) is 0 Å². The van der Waals surface area contributed by atoms with Crippen LogP contribution in [0, 0.1) is 0 Å². The molecule has 4 nitrogen and oxygen atoms in total. The fourth-order valence-corrected chi connectivity index (χ4v) is 4.75. The van der Waals surface area contributed by atoms with E-state index in [4.69, 9.17) is 14.2 Å². The van der Waals surface area contributed by atoms with E-state index in [0.717, 1.165) is 54.5 Å². The van der Waals surface area contributed by atoms with Gasteiger partial charge in [-0.2, -0.15) is 0 Å². The molecule has 0 amide bonds. The average Bonchev–Trinajstić information content (AvgIpc) is 3.06. The molecule has 0 aliphatic heterocycles. The van der Waals surface area contributed by atoms with Crippen molar-refractivity contribution >= 4 is 0 Å². The molecule has 0 saturated carbocycles. The SMILES string of the molecule is COc1c2cc(c(OC)c1OC)-c1c(O)ccc3c1C(CCCC2)CC3. The summed E-state index contributed by atoms with van der Waals surface area (Å²) in [6.07, 6.45) is 6.62. The maximum absolute atomic E-state index is 10.8. The van der Waals surface area contributed by atoms with Crippen molar-refractivity contribution in [2.45, 2.75) is 44.4 Å². The molecule has 2 aliphatic carbocycles. The van der Waals surface area contributed by atoms with Gasteiger partial charge in [0.15, 0.2) is 11.5 Å². The maximum atomic E-state index is 10.8. The summed E-state index contributed by atoms with van der Waals surface area (Å²) in [6.45, 7) is 0. The molecule has 2 aromatic rings. The zero-order valence-corrected chi connectivity index (χ0v) is 15.7. The van der Waals surface area contributed by atoms with Crippen LogP contribution in [-0.4, -0.2) is 26.4 Å². The number of fused-ring (bicyclic) bond motifs is 3. The minimum absolute atomic E-state index is 0.313. The van der Waals surface area contributed by atoms with Crippen molar-refractivity contribution in [2.24, 2.45) is 0 Å². The minimum atomic E-state index is 0.313. The summed E-state index contributed by atoms with van der Waals surface area (Å²) in [4.78, 5) is 0. The second-order valence-electron chi connectivity index (χ2n) is 7.20. The van der Waals surface area contributed by atoms with E-state index in [1.54, 1.807) is 21.3 Å². The highest BCUT2D eigenvalue weighted by atomic mass is 16.5. The molecule has 4 heteroatoms. The lowest BCUT2D eigenvalue weighted by atomic mass is 9.85. The molecule has 2 aromatic carbocycles. The molecule has 0 heterocycles. The smallest absolute Gasteiger partial charge is 0.204 e. The molecule has 4 rings (SSSR count). The van der Waals surface area contributed by atoms with Crippen LogP contribution in [-0.2, 0) is 12.8 Å². The largest absolute Gasteiger partial charge is 0.507 e. The number of benzene rings is 2. The molecular formula is C22H26O4. The number of phenols is 1. The van der Waals surface area contributed by atoms with Gasteiger partial charge in [0.1, 0.15) is 5.75 Å². The van der Waals surface area contributed by atoms with Gasteiger partial charge in [-0.1, -0.05) is 12.5 Å². The number of rotatable bonds is 3. The van der Waals surface area contributed by atoms with Gasteiger partial charge in [-0.25, -0.2) is 0 Å². The molecule has 2 bridgehead atoms. The molecule has 0 fully saturated rings. The van der Waals surface area contributed by atoms with Crippen LogP contribution >= 0.6 is 0 Å². The topological polar surface area (TPSA) is 47.9 Å². The highest BCUT2D eigenvalue weighted by Crippen LogP contribution is 2.53. The summed E-state index contributed by atoms with van der Waals surface area (Å²) < 4.78 is 17.1. The predicted molar refractivity (Wildman–Crippen MR) is 102 cm³/mol. The minimum Gasteiger partial charge on any atom is -0.507 e. The van der Waals surface area contributed by atoms with Crippen molar-refractivity contribution in [1.29, 1.82) is 0 Å². The van der Waals surface area contributed by atoms with Crippen molar-refractivity contribution in [3.05, 3.63) is 34.9 Å². The fraction of sp³-hybridized carbons (Fsp3) is 0.455. The highest BCUT2D eigenvalue weighted by Gasteiger charge is 2.31. The fourth-order valence-electron chi connectivity index (χ4n) is 4.75. The lowest BCUT2D eigenvalue weighted by Gasteiger charge is -2.24. The third-order valence-corrected chi connectivity index (χ3v) is 5.88. The second-order valence-corrected chi connectivity index (χ2v) is 7.20. The van der Waals surface area contributed by atoms with E-state index in [9.17, 15) is 5.11 Å². The summed E-state index contributed by atoms with van der Waals surface area (Å²) in [5.74, 6) is 2.79. The number of hydrogen-bond donors (Lipinski definition) is 1. The highest BCUT2D eigenvalue weighted by molar-refractivity contribution is 5.85. The quantitative estimate of drug-likeness (QED) is 0.857. The molecule has 0 spiro atoms. The molecule has 0 saturated heterocycles. The van der Waals surface area contributed by atoms with Gasteiger partial charge in [-0.3, -0.25) is 0 Å². The van der Waals surface area contributed by atoms with Crippen LogP contribution in [0.3, 0.4) is 0 Å². The van der Waals surface area contributed by atoms with E-state index in [0.29, 0.717) is 23.2 Å². The van der Waals surface area contributed by atoms with Gasteiger partial charge in [-0.15, -0.1) is 0 Å². The van der Waals surface area contributed by atoms with Gasteiger partial charge in [0, 0.05) is 11.1 Å². The van der Waals surface area contributed by atoms with E-state index in [1.165, 1.54) is 17.5 Å². The third-order valence-electron chi connectivity index (χ3n) is 5.88. The molecule has 26 heavy (non-hydrogen) atoms. The summed E-state index contributed by atoms with van der Waals surface area (Å²) in [7, 11) is 4.95. The molecule has 1 unspecified atom stereocenters. The Morgan fingerprint density at radius 2 is 1.62 bits per heavy atom. The Labute approximate surface area is 154 Å². The first-order chi connectivity index (χ1) is 12.7. The van der Waals surface area contributed by atoms with Gasteiger partial charge in [-0.05, 0) is 66.8 Å². The molecular weight excluding hydrogens is 328 g/mol. The Hall–Kier alpha value is -2.36. The monoisotopic (exact) mass is 354 g/mol. The van der Waals surface area contributed by atoms with Crippen LogP contribution in [0.1, 0.15) is 48.3 Å². The first-order valence-electron chi connectivity index (χ1n) is 9.36. The Morgan fingerprint density at radius 1 is 0.846 bits per heavy atom. The van der Waals surface area contributed by atoms with E-state index in [2.05, 4.69) is 12.1 Å². The molecule has 138 valence electrons. The van der Waals surface area contributed by atoms with E-state index >= 15 is 0 Å². The van der Waals surface area contributed by atoms with Crippen LogP contribution < -0.4 is 14.2 Å². The Kier molecular flexibility index (Phi) is 4.43. The summed E-state index contributed by atoms with van der Waals surface area (Å²) in [6, 6.07) is 6.02. The van der Waals surface area contributed by atoms with Crippen molar-refractivity contribution in [3.8, 4) is 34.1 Å². The summed E-state index contributed by atoms with van der Waals surface area (Å²) >= 11 is 0. The Morgan fingerprint density at radius 3 is 2.35 bits per heavy atom. The van der Waals surface area contributed by atoms with Crippen molar-refractivity contribution in [2.75, 3.05) is 21.3 Å². The van der Waals surface area contributed by atoms with E-state index < -0.39 is 0 Å². The molecule has 1 N–H and O–H groups in total. The normalized spacial score (nSPS) is 18.2. The predicted octanol–water partition coefficient (Wildman–Crippen LogP) is 4.84. The first-order valence-corrected chi connectivity index (χ1v) is 9.36. The van der Waals surface area contributed by atoms with Crippen molar-refractivity contribution < 1.29 is 19.3 Å². The molecule has 1 atom stereocenters. The van der Waals surface area contributed by atoms with Crippen LogP contribution in [0.15, 0.2) is 18.2 Å². The Balaban J connectivity index is 2.08. The van der Waals surface area contributed by atoms with Crippen LogP contribution in [0.25, 0.3) is 11.1 Å². The van der Waals surface area contributed by atoms with Gasteiger partial charge < -0.3 is 19.3 Å².